The smallest absolute Gasteiger partial charge is 0.415 e. The van der Waals surface area contributed by atoms with Gasteiger partial charge in [-0.15, -0.1) is 0 Å². The summed E-state index contributed by atoms with van der Waals surface area (Å²) in [6.45, 7) is 7.01. The molecule has 0 aliphatic carbocycles. The highest BCUT2D eigenvalue weighted by atomic mass is 79.9. The Morgan fingerprint density at radius 1 is 1.10 bits per heavy atom. The minimum absolute atomic E-state index is 0.0342. The van der Waals surface area contributed by atoms with Crippen LogP contribution in [0, 0.1) is 17.8 Å². The number of rotatable bonds is 13. The van der Waals surface area contributed by atoms with Crippen molar-refractivity contribution in [1.82, 2.24) is 9.47 Å². The zero-order chi connectivity index (χ0) is 36.5. The Bertz CT molecular complexity index is 1630. The zero-order valence-electron chi connectivity index (χ0n) is 28.9. The van der Waals surface area contributed by atoms with Gasteiger partial charge >= 0.3 is 12.3 Å². The molecule has 274 valence electrons. The first-order chi connectivity index (χ1) is 23.6. The molecule has 1 aromatic heterocycles. The number of phenols is 1. The first-order valence-electron chi connectivity index (χ1n) is 16.5. The number of aliphatic hydroxyl groups is 1. The highest BCUT2D eigenvalue weighted by Gasteiger charge is 2.31. The number of anilines is 2. The minimum Gasteiger partial charge on any atom is -0.508 e. The standard InChI is InChI=1S/C36H46BrF3N4O6/c1-35(2,3)50-34(47)43(28-19-26(37)20-29(46)21-28)12-6-7-27-22-30-32(8-5-9-33(30)44(27)24-36(38,39)40)41-31-10-13-42(4)23-25(31)11-15-48-17-18-49-16-14-45/h5,8-9,19-22,25,31,41,45-46H,10-18,23-24H2,1-4H3. The van der Waals surface area contributed by atoms with Gasteiger partial charge in [0.2, 0.25) is 0 Å². The van der Waals surface area contributed by atoms with E-state index in [4.69, 9.17) is 19.3 Å². The van der Waals surface area contributed by atoms with Crippen molar-refractivity contribution >= 4 is 44.3 Å². The fraction of sp³-hybridized carbons (Fsp3) is 0.528. The largest absolute Gasteiger partial charge is 0.508 e. The average Bonchev–Trinajstić information content (AvgIpc) is 3.35. The van der Waals surface area contributed by atoms with Crippen LogP contribution in [0.15, 0.2) is 46.9 Å². The van der Waals surface area contributed by atoms with Crippen LogP contribution >= 0.6 is 15.9 Å². The van der Waals surface area contributed by atoms with Crippen molar-refractivity contribution in [2.45, 2.75) is 58.0 Å². The van der Waals surface area contributed by atoms with Crippen LogP contribution in [-0.2, 0) is 20.8 Å². The highest BCUT2D eigenvalue weighted by molar-refractivity contribution is 9.10. The van der Waals surface area contributed by atoms with E-state index < -0.39 is 24.4 Å². The van der Waals surface area contributed by atoms with Gasteiger partial charge in [-0.3, -0.25) is 4.90 Å². The Morgan fingerprint density at radius 2 is 1.84 bits per heavy atom. The maximum atomic E-state index is 13.9. The van der Waals surface area contributed by atoms with E-state index in [0.717, 1.165) is 30.5 Å². The molecule has 14 heteroatoms. The van der Waals surface area contributed by atoms with Gasteiger partial charge < -0.3 is 39.2 Å². The van der Waals surface area contributed by atoms with E-state index in [2.05, 4.69) is 45.0 Å². The first kappa shape index (κ1) is 39.3. The molecule has 2 aromatic carbocycles. The Kier molecular flexibility index (Phi) is 13.9. The molecule has 4 rings (SSSR count). The van der Waals surface area contributed by atoms with Crippen molar-refractivity contribution in [2.75, 3.05) is 69.9 Å². The molecule has 0 radical (unpaired) electrons. The molecule has 0 saturated carbocycles. The van der Waals surface area contributed by atoms with E-state index in [-0.39, 0.29) is 43.2 Å². The zero-order valence-corrected chi connectivity index (χ0v) is 30.4. The lowest BCUT2D eigenvalue weighted by Crippen LogP contribution is -2.45. The number of aromatic nitrogens is 1. The molecule has 3 aromatic rings. The van der Waals surface area contributed by atoms with E-state index >= 15 is 0 Å². The van der Waals surface area contributed by atoms with Gasteiger partial charge in [0.15, 0.2) is 0 Å². The molecule has 2 atom stereocenters. The maximum Gasteiger partial charge on any atom is 0.415 e. The summed E-state index contributed by atoms with van der Waals surface area (Å²) >= 11 is 3.32. The third-order valence-electron chi connectivity index (χ3n) is 8.05. The number of halogens is 4. The molecule has 1 saturated heterocycles. The third kappa shape index (κ3) is 11.8. The molecule has 1 aliphatic rings. The molecule has 2 heterocycles. The average molecular weight is 768 g/mol. The summed E-state index contributed by atoms with van der Waals surface area (Å²) in [6.07, 6.45) is -3.60. The van der Waals surface area contributed by atoms with Crippen molar-refractivity contribution in [3.63, 3.8) is 0 Å². The van der Waals surface area contributed by atoms with Gasteiger partial charge in [0, 0.05) is 40.8 Å². The minimum atomic E-state index is -4.51. The quantitative estimate of drug-likeness (QED) is 0.132. The van der Waals surface area contributed by atoms with Gasteiger partial charge in [-0.25, -0.2) is 4.79 Å². The highest BCUT2D eigenvalue weighted by Crippen LogP contribution is 2.33. The predicted molar refractivity (Wildman–Crippen MR) is 191 cm³/mol. The number of amides is 1. The monoisotopic (exact) mass is 766 g/mol. The molecule has 50 heavy (non-hydrogen) atoms. The second kappa shape index (κ2) is 17.6. The second-order valence-electron chi connectivity index (χ2n) is 13.3. The number of hydrogen-bond donors (Lipinski definition) is 3. The first-order valence-corrected chi connectivity index (χ1v) is 17.3. The van der Waals surface area contributed by atoms with Crippen molar-refractivity contribution in [2.24, 2.45) is 5.92 Å². The normalized spacial score (nSPS) is 17.0. The van der Waals surface area contributed by atoms with Crippen molar-refractivity contribution < 1.29 is 42.4 Å². The molecule has 0 spiro atoms. The van der Waals surface area contributed by atoms with Gasteiger partial charge in [0.25, 0.3) is 0 Å². The van der Waals surface area contributed by atoms with Gasteiger partial charge in [-0.2, -0.15) is 13.2 Å². The number of phenolic OH excluding ortho intramolecular Hbond substituents is 1. The summed E-state index contributed by atoms with van der Waals surface area (Å²) < 4.78 is 60.0. The number of aliphatic hydroxyl groups excluding tert-OH is 1. The summed E-state index contributed by atoms with van der Waals surface area (Å²) in [4.78, 5) is 16.7. The van der Waals surface area contributed by atoms with Gasteiger partial charge in [-0.1, -0.05) is 27.9 Å². The fourth-order valence-corrected chi connectivity index (χ4v) is 6.35. The number of benzene rings is 2. The number of alkyl halides is 3. The molecule has 2 unspecified atom stereocenters. The third-order valence-corrected chi connectivity index (χ3v) is 8.51. The Hall–Kier alpha value is -3.48. The van der Waals surface area contributed by atoms with Crippen molar-refractivity contribution in [1.29, 1.82) is 0 Å². The number of likely N-dealkylation sites (tertiary alicyclic amines) is 1. The molecule has 0 bridgehead atoms. The summed E-state index contributed by atoms with van der Waals surface area (Å²) in [5.41, 5.74) is 0.715. The van der Waals surface area contributed by atoms with Crippen molar-refractivity contribution in [3.8, 4) is 17.6 Å². The SMILES string of the molecule is CN1CCC(Nc2cccc3c2cc(C#CCN(C(=O)OC(C)(C)C)c2cc(O)cc(Br)c2)n3CC(F)(F)F)C(CCOCCOCCO)C1. The Balaban J connectivity index is 1.61. The molecular formula is C36H46BrF3N4O6. The number of fused-ring (bicyclic) bond motifs is 1. The molecule has 1 fully saturated rings. The maximum absolute atomic E-state index is 13.9. The number of aromatic hydroxyl groups is 1. The number of carbonyl (C=O) groups is 1. The Morgan fingerprint density at radius 3 is 2.52 bits per heavy atom. The topological polar surface area (TPSA) is 109 Å². The lowest BCUT2D eigenvalue weighted by atomic mass is 9.89. The lowest BCUT2D eigenvalue weighted by Gasteiger charge is -2.38. The van der Waals surface area contributed by atoms with E-state index in [1.54, 1.807) is 45.0 Å². The van der Waals surface area contributed by atoms with Crippen LogP contribution in [-0.4, -0.2) is 103 Å². The number of carbonyl (C=O) groups excluding carboxylic acids is 1. The van der Waals surface area contributed by atoms with E-state index in [9.17, 15) is 23.1 Å². The van der Waals surface area contributed by atoms with Crippen LogP contribution in [0.2, 0.25) is 0 Å². The Labute approximate surface area is 299 Å². The van der Waals surface area contributed by atoms with Gasteiger partial charge in [-0.05, 0) is 89.4 Å². The van der Waals surface area contributed by atoms with E-state index in [1.165, 1.54) is 17.0 Å². The van der Waals surface area contributed by atoms with Crippen LogP contribution in [0.25, 0.3) is 10.9 Å². The number of hydrogen-bond acceptors (Lipinski definition) is 8. The van der Waals surface area contributed by atoms with Gasteiger partial charge in [0.05, 0.1) is 49.9 Å². The molecule has 10 nitrogen and oxygen atoms in total. The predicted octanol–water partition coefficient (Wildman–Crippen LogP) is 6.61. The number of nitrogens with one attached hydrogen (secondary N) is 1. The van der Waals surface area contributed by atoms with E-state index in [1.807, 2.05) is 6.07 Å². The summed E-state index contributed by atoms with van der Waals surface area (Å²) in [6, 6.07) is 11.4. The van der Waals surface area contributed by atoms with Crippen LogP contribution < -0.4 is 10.2 Å². The molecule has 3 N–H and O–H groups in total. The van der Waals surface area contributed by atoms with Crippen molar-refractivity contribution in [3.05, 3.63) is 52.6 Å². The van der Waals surface area contributed by atoms with Crippen LogP contribution in [0.3, 0.4) is 0 Å². The van der Waals surface area contributed by atoms with Crippen LogP contribution in [0.5, 0.6) is 5.75 Å². The number of piperidine rings is 1. The second-order valence-corrected chi connectivity index (χ2v) is 14.2. The molecule has 1 aliphatic heterocycles. The van der Waals surface area contributed by atoms with Crippen LogP contribution in [0.1, 0.15) is 39.3 Å². The van der Waals surface area contributed by atoms with E-state index in [0.29, 0.717) is 46.6 Å². The summed E-state index contributed by atoms with van der Waals surface area (Å²) in [5.74, 6) is 5.90. The molecule has 1 amide bonds. The fourth-order valence-electron chi connectivity index (χ4n) is 5.88. The summed E-state index contributed by atoms with van der Waals surface area (Å²) in [7, 11) is 2.07. The number of ether oxygens (including phenoxy) is 3. The molecular weight excluding hydrogens is 721 g/mol. The van der Waals surface area contributed by atoms with Crippen LogP contribution in [0.4, 0.5) is 29.3 Å². The number of nitrogens with zero attached hydrogens (tertiary/aromatic N) is 3. The van der Waals surface area contributed by atoms with Gasteiger partial charge in [0.1, 0.15) is 17.9 Å². The lowest BCUT2D eigenvalue weighted by molar-refractivity contribution is -0.140. The summed E-state index contributed by atoms with van der Waals surface area (Å²) in [5, 5.41) is 23.3.